The smallest absolute Gasteiger partial charge is 0.290 e. The summed E-state index contributed by atoms with van der Waals surface area (Å²) < 4.78 is 29.6. The van der Waals surface area contributed by atoms with Crippen LogP contribution in [0.25, 0.3) is 0 Å². The van der Waals surface area contributed by atoms with Crippen molar-refractivity contribution < 1.29 is 13.6 Å². The maximum absolute atomic E-state index is 14.8. The van der Waals surface area contributed by atoms with E-state index < -0.39 is 18.4 Å². The third-order valence-electron chi connectivity index (χ3n) is 4.77. The predicted molar refractivity (Wildman–Crippen MR) is 117 cm³/mol. The van der Waals surface area contributed by atoms with Crippen LogP contribution in [-0.4, -0.2) is 27.6 Å². The Labute approximate surface area is 184 Å². The van der Waals surface area contributed by atoms with Gasteiger partial charge in [-0.2, -0.15) is 8.78 Å². The van der Waals surface area contributed by atoms with Gasteiger partial charge in [-0.25, -0.2) is 4.98 Å². The zero-order chi connectivity index (χ0) is 22.8. The summed E-state index contributed by atoms with van der Waals surface area (Å²) in [6.07, 6.45) is 0. The molecule has 0 aliphatic rings. The lowest BCUT2D eigenvalue weighted by atomic mass is 10.0. The molecule has 0 unspecified atom stereocenters. The predicted octanol–water partition coefficient (Wildman–Crippen LogP) is 5.09. The molecule has 0 aliphatic heterocycles. The number of hydrogen-bond acceptors (Lipinski definition) is 5. The first kappa shape index (κ1) is 22.8. The first-order chi connectivity index (χ1) is 14.6. The monoisotopic (exact) mass is 442 g/mol. The van der Waals surface area contributed by atoms with Crippen LogP contribution in [-0.2, 0) is 5.92 Å². The van der Waals surface area contributed by atoms with Crippen LogP contribution in [0.3, 0.4) is 0 Å². The number of amides is 1. The van der Waals surface area contributed by atoms with Gasteiger partial charge in [-0.3, -0.25) is 4.79 Å². The molecule has 0 atom stereocenters. The first-order valence-electron chi connectivity index (χ1n) is 9.77. The minimum Gasteiger partial charge on any atom is -0.344 e. The number of hydrogen-bond donors (Lipinski definition) is 1. The number of carbonyl (C=O) groups is 1. The fourth-order valence-electron chi connectivity index (χ4n) is 3.13. The normalized spacial score (nSPS) is 11.5. The number of nitrogens with one attached hydrogen (secondary N) is 1. The quantitative estimate of drug-likeness (QED) is 0.576. The summed E-state index contributed by atoms with van der Waals surface area (Å²) in [5, 5.41) is 10.6. The number of halogens is 2. The third-order valence-corrected chi connectivity index (χ3v) is 5.90. The average molecular weight is 443 g/mol. The number of benzene rings is 2. The lowest BCUT2D eigenvalue weighted by Crippen LogP contribution is -2.36. The summed E-state index contributed by atoms with van der Waals surface area (Å²) in [6, 6.07) is 10.7. The van der Waals surface area contributed by atoms with Crippen molar-refractivity contribution in [3.05, 3.63) is 75.7 Å². The number of rotatable bonds is 6. The lowest BCUT2D eigenvalue weighted by Gasteiger charge is -2.20. The zero-order valence-corrected chi connectivity index (χ0v) is 18.9. The first-order valence-corrected chi connectivity index (χ1v) is 10.6. The van der Waals surface area contributed by atoms with Crippen LogP contribution < -0.4 is 5.32 Å². The van der Waals surface area contributed by atoms with Gasteiger partial charge in [-0.05, 0) is 57.4 Å². The largest absolute Gasteiger partial charge is 0.344 e. The van der Waals surface area contributed by atoms with Crippen molar-refractivity contribution in [3.63, 3.8) is 0 Å². The molecule has 0 bridgehead atoms. The van der Waals surface area contributed by atoms with Crippen LogP contribution in [0.2, 0.25) is 0 Å². The number of carbonyl (C=O) groups excluding carboxylic acids is 1. The van der Waals surface area contributed by atoms with E-state index in [-0.39, 0.29) is 22.1 Å². The Morgan fingerprint density at radius 1 is 0.968 bits per heavy atom. The van der Waals surface area contributed by atoms with Crippen LogP contribution in [0.5, 0.6) is 0 Å². The highest BCUT2D eigenvalue weighted by molar-refractivity contribution is 7.99. The van der Waals surface area contributed by atoms with Crippen molar-refractivity contribution in [2.24, 2.45) is 0 Å². The molecule has 0 saturated carbocycles. The van der Waals surface area contributed by atoms with Gasteiger partial charge in [-0.15, -0.1) is 10.2 Å². The summed E-state index contributed by atoms with van der Waals surface area (Å²) in [5.74, 6) is -3.64. The summed E-state index contributed by atoms with van der Waals surface area (Å²) in [5.41, 5.74) is 3.31. The highest BCUT2D eigenvalue weighted by Gasteiger charge is 2.34. The molecule has 3 rings (SSSR count). The van der Waals surface area contributed by atoms with Crippen molar-refractivity contribution in [1.82, 2.24) is 20.5 Å². The average Bonchev–Trinajstić information content (AvgIpc) is 2.70. The molecule has 3 aromatic rings. The van der Waals surface area contributed by atoms with Crippen LogP contribution in [0, 0.1) is 34.6 Å². The molecule has 0 spiro atoms. The van der Waals surface area contributed by atoms with E-state index in [1.807, 2.05) is 39.0 Å². The van der Waals surface area contributed by atoms with Crippen molar-refractivity contribution in [1.29, 1.82) is 0 Å². The van der Waals surface area contributed by atoms with Gasteiger partial charge in [0.1, 0.15) is 5.82 Å². The third kappa shape index (κ3) is 5.44. The molecule has 5 nitrogen and oxygen atoms in total. The zero-order valence-electron chi connectivity index (χ0n) is 18.1. The molecule has 31 heavy (non-hydrogen) atoms. The van der Waals surface area contributed by atoms with E-state index in [1.54, 1.807) is 26.0 Å². The van der Waals surface area contributed by atoms with Gasteiger partial charge in [-0.1, -0.05) is 47.7 Å². The molecule has 0 saturated heterocycles. The van der Waals surface area contributed by atoms with E-state index in [1.165, 1.54) is 17.8 Å². The van der Waals surface area contributed by atoms with E-state index in [0.717, 1.165) is 21.6 Å². The summed E-state index contributed by atoms with van der Waals surface area (Å²) in [7, 11) is 0. The molecule has 1 aromatic heterocycles. The second-order valence-electron chi connectivity index (χ2n) is 7.59. The van der Waals surface area contributed by atoms with Gasteiger partial charge in [0.15, 0.2) is 10.7 Å². The van der Waals surface area contributed by atoms with E-state index in [0.29, 0.717) is 5.56 Å². The van der Waals surface area contributed by atoms with E-state index in [9.17, 15) is 13.6 Å². The maximum Gasteiger partial charge on any atom is 0.290 e. The van der Waals surface area contributed by atoms with Gasteiger partial charge < -0.3 is 5.32 Å². The van der Waals surface area contributed by atoms with Gasteiger partial charge >= 0.3 is 0 Å². The highest BCUT2D eigenvalue weighted by atomic mass is 32.2. The fraction of sp³-hybridized carbons (Fsp3) is 0.304. The number of aromatic nitrogens is 3. The summed E-state index contributed by atoms with van der Waals surface area (Å²) >= 11 is 1.24. The molecular weight excluding hydrogens is 418 g/mol. The SMILES string of the molecule is Cc1ccc(C(F)(F)CNC(=O)c2nc(C)nnc2Sc2cc(C)ccc2C)c(C)c1. The lowest BCUT2D eigenvalue weighted by molar-refractivity contribution is -0.00316. The Bertz CT molecular complexity index is 1130. The highest BCUT2D eigenvalue weighted by Crippen LogP contribution is 2.32. The molecule has 0 radical (unpaired) electrons. The maximum atomic E-state index is 14.8. The Balaban J connectivity index is 1.83. The van der Waals surface area contributed by atoms with Crippen LogP contribution in [0.1, 0.15) is 44.1 Å². The number of alkyl halides is 2. The second-order valence-corrected chi connectivity index (χ2v) is 8.62. The van der Waals surface area contributed by atoms with E-state index in [2.05, 4.69) is 20.5 Å². The van der Waals surface area contributed by atoms with Gasteiger partial charge in [0, 0.05) is 10.5 Å². The Kier molecular flexibility index (Phi) is 6.69. The molecule has 0 aliphatic carbocycles. The van der Waals surface area contributed by atoms with Crippen molar-refractivity contribution >= 4 is 17.7 Å². The van der Waals surface area contributed by atoms with Crippen molar-refractivity contribution in [2.75, 3.05) is 6.54 Å². The standard InChI is InChI=1S/C23H24F2N4OS/c1-13-7-9-18(16(4)10-13)23(24,25)12-26-21(30)20-22(29-28-17(5)27-20)31-19-11-14(2)6-8-15(19)3/h6-11H,12H2,1-5H3,(H,26,30). The van der Waals surface area contributed by atoms with Gasteiger partial charge in [0.05, 0.1) is 6.54 Å². The van der Waals surface area contributed by atoms with E-state index >= 15 is 0 Å². The van der Waals surface area contributed by atoms with Crippen LogP contribution in [0.15, 0.2) is 46.3 Å². The molecule has 0 fully saturated rings. The topological polar surface area (TPSA) is 67.8 Å². The molecule has 8 heteroatoms. The molecule has 1 amide bonds. The second kappa shape index (κ2) is 9.09. The van der Waals surface area contributed by atoms with Crippen LogP contribution >= 0.6 is 11.8 Å². The number of aryl methyl sites for hydroxylation is 5. The van der Waals surface area contributed by atoms with E-state index in [4.69, 9.17) is 0 Å². The molecule has 162 valence electrons. The van der Waals surface area contributed by atoms with Gasteiger partial charge in [0.25, 0.3) is 11.8 Å². The van der Waals surface area contributed by atoms with Crippen LogP contribution in [0.4, 0.5) is 8.78 Å². The molecule has 1 heterocycles. The van der Waals surface area contributed by atoms with Crippen molar-refractivity contribution in [2.45, 2.75) is 50.5 Å². The minimum absolute atomic E-state index is 0.0187. The Morgan fingerprint density at radius 3 is 2.35 bits per heavy atom. The number of nitrogens with zero attached hydrogens (tertiary/aromatic N) is 3. The summed E-state index contributed by atoms with van der Waals surface area (Å²) in [6.45, 7) is 8.14. The fourth-order valence-corrected chi connectivity index (χ4v) is 4.13. The summed E-state index contributed by atoms with van der Waals surface area (Å²) in [4.78, 5) is 17.9. The molecule has 1 N–H and O–H groups in total. The Hall–Kier alpha value is -2.87. The molecule has 2 aromatic carbocycles. The van der Waals surface area contributed by atoms with Crippen molar-refractivity contribution in [3.8, 4) is 0 Å². The molecular formula is C23H24F2N4OS. The van der Waals surface area contributed by atoms with Gasteiger partial charge in [0.2, 0.25) is 0 Å². The Morgan fingerprint density at radius 2 is 1.65 bits per heavy atom. The minimum atomic E-state index is -3.22.